The molecule has 5 heteroatoms. The zero-order chi connectivity index (χ0) is 11.9. The average molecular weight is 239 g/mol. The molecule has 0 saturated carbocycles. The van der Waals surface area contributed by atoms with E-state index >= 15 is 0 Å². The zero-order valence-electron chi connectivity index (χ0n) is 8.84. The number of aromatic hydroxyl groups is 1. The fraction of sp³-hybridized carbons (Fsp3) is 0.273. The maximum Gasteiger partial charge on any atom is 0.200 e. The third kappa shape index (κ3) is 1.83. The summed E-state index contributed by atoms with van der Waals surface area (Å²) in [6.45, 7) is 1.83. The number of rotatable bonds is 2. The molecule has 2 rings (SSSR count). The van der Waals surface area contributed by atoms with E-state index in [4.69, 9.17) is 5.73 Å². The lowest BCUT2D eigenvalue weighted by Crippen LogP contribution is -2.14. The smallest absolute Gasteiger partial charge is 0.200 e. The first-order valence-electron chi connectivity index (χ1n) is 4.95. The molecule has 1 aliphatic rings. The molecule has 1 atom stereocenters. The van der Waals surface area contributed by atoms with Crippen molar-refractivity contribution in [1.82, 2.24) is 0 Å². The molecule has 0 spiro atoms. The van der Waals surface area contributed by atoms with Gasteiger partial charge in [0.1, 0.15) is 5.75 Å². The van der Waals surface area contributed by atoms with Crippen molar-refractivity contribution < 1.29 is 13.5 Å². The average Bonchev–Trinajstić information content (AvgIpc) is 2.37. The molecule has 3 N–H and O–H groups in total. The van der Waals surface area contributed by atoms with Gasteiger partial charge in [-0.05, 0) is 42.7 Å². The first-order valence-corrected chi connectivity index (χ1v) is 6.49. The number of hydrogen-bond donors (Lipinski definition) is 2. The van der Waals surface area contributed by atoms with Crippen molar-refractivity contribution in [3.8, 4) is 5.75 Å². The van der Waals surface area contributed by atoms with Crippen LogP contribution in [0.25, 0.3) is 5.57 Å². The molecule has 1 unspecified atom stereocenters. The molecule has 86 valence electrons. The molecule has 0 radical (unpaired) electrons. The van der Waals surface area contributed by atoms with E-state index in [0.29, 0.717) is 17.6 Å². The molecule has 0 bridgehead atoms. The summed E-state index contributed by atoms with van der Waals surface area (Å²) in [6.07, 6.45) is 0.511. The Morgan fingerprint density at radius 2 is 2.12 bits per heavy atom. The SMILES string of the molecule is CC(N)CC1=CS(=O)(=O)c2cc(O)ccc21. The van der Waals surface area contributed by atoms with E-state index < -0.39 is 9.84 Å². The molecule has 0 aliphatic carbocycles. The number of sulfone groups is 1. The van der Waals surface area contributed by atoms with Crippen LogP contribution in [0.4, 0.5) is 0 Å². The van der Waals surface area contributed by atoms with Crippen molar-refractivity contribution in [1.29, 1.82) is 0 Å². The summed E-state index contributed by atoms with van der Waals surface area (Å²) < 4.78 is 23.5. The largest absolute Gasteiger partial charge is 0.508 e. The highest BCUT2D eigenvalue weighted by molar-refractivity contribution is 7.95. The second-order valence-electron chi connectivity index (χ2n) is 4.05. The van der Waals surface area contributed by atoms with Crippen molar-refractivity contribution in [3.05, 3.63) is 29.2 Å². The van der Waals surface area contributed by atoms with Gasteiger partial charge in [-0.1, -0.05) is 0 Å². The third-order valence-corrected chi connectivity index (χ3v) is 4.00. The van der Waals surface area contributed by atoms with Crippen LogP contribution in [0.3, 0.4) is 0 Å². The molecule has 0 fully saturated rings. The molecular weight excluding hydrogens is 226 g/mol. The second-order valence-corrected chi connectivity index (χ2v) is 5.82. The highest BCUT2D eigenvalue weighted by Gasteiger charge is 2.27. The van der Waals surface area contributed by atoms with E-state index in [-0.39, 0.29) is 16.7 Å². The number of fused-ring (bicyclic) bond motifs is 1. The Bertz CT molecular complexity index is 559. The van der Waals surface area contributed by atoms with Crippen LogP contribution in [0.2, 0.25) is 0 Å². The molecule has 1 aliphatic heterocycles. The highest BCUT2D eigenvalue weighted by Crippen LogP contribution is 2.37. The van der Waals surface area contributed by atoms with Crippen LogP contribution in [-0.2, 0) is 9.84 Å². The van der Waals surface area contributed by atoms with E-state index in [1.807, 2.05) is 6.92 Å². The van der Waals surface area contributed by atoms with Crippen LogP contribution in [0, 0.1) is 0 Å². The molecule has 1 aromatic carbocycles. The summed E-state index contributed by atoms with van der Waals surface area (Å²) in [6, 6.07) is 4.27. The summed E-state index contributed by atoms with van der Waals surface area (Å²) in [5.41, 5.74) is 7.02. The maximum atomic E-state index is 11.8. The lowest BCUT2D eigenvalue weighted by molar-refractivity contribution is 0.473. The van der Waals surface area contributed by atoms with Crippen LogP contribution in [-0.4, -0.2) is 19.6 Å². The predicted molar refractivity (Wildman–Crippen MR) is 61.5 cm³/mol. The Kier molecular flexibility index (Phi) is 2.52. The third-order valence-electron chi connectivity index (χ3n) is 2.46. The van der Waals surface area contributed by atoms with E-state index in [9.17, 15) is 13.5 Å². The fourth-order valence-electron chi connectivity index (χ4n) is 1.83. The van der Waals surface area contributed by atoms with Crippen LogP contribution in [0.5, 0.6) is 5.75 Å². The Morgan fingerprint density at radius 1 is 1.44 bits per heavy atom. The fourth-order valence-corrected chi connectivity index (χ4v) is 3.35. The van der Waals surface area contributed by atoms with Crippen molar-refractivity contribution in [3.63, 3.8) is 0 Å². The molecule has 4 nitrogen and oxygen atoms in total. The van der Waals surface area contributed by atoms with Crippen molar-refractivity contribution in [2.24, 2.45) is 5.73 Å². The molecule has 0 aromatic heterocycles. The van der Waals surface area contributed by atoms with Gasteiger partial charge in [0.25, 0.3) is 0 Å². The van der Waals surface area contributed by atoms with Crippen molar-refractivity contribution in [2.75, 3.05) is 0 Å². The number of hydrogen-bond acceptors (Lipinski definition) is 4. The normalized spacial score (nSPS) is 19.0. The van der Waals surface area contributed by atoms with Gasteiger partial charge < -0.3 is 10.8 Å². The second kappa shape index (κ2) is 3.61. The van der Waals surface area contributed by atoms with Gasteiger partial charge >= 0.3 is 0 Å². The summed E-state index contributed by atoms with van der Waals surface area (Å²) >= 11 is 0. The van der Waals surface area contributed by atoms with Gasteiger partial charge in [0.2, 0.25) is 9.84 Å². The Hall–Kier alpha value is -1.33. The molecule has 0 saturated heterocycles. The highest BCUT2D eigenvalue weighted by atomic mass is 32.2. The molecule has 1 aromatic rings. The van der Waals surface area contributed by atoms with E-state index in [1.54, 1.807) is 6.07 Å². The van der Waals surface area contributed by atoms with Gasteiger partial charge in [-0.25, -0.2) is 8.42 Å². The minimum absolute atomic E-state index is 0.0437. The predicted octanol–water partition coefficient (Wildman–Crippen LogP) is 1.26. The minimum Gasteiger partial charge on any atom is -0.508 e. The summed E-state index contributed by atoms with van der Waals surface area (Å²) in [4.78, 5) is 0.170. The molecular formula is C11H13NO3S. The summed E-state index contributed by atoms with van der Waals surface area (Å²) in [7, 11) is -3.40. The summed E-state index contributed by atoms with van der Waals surface area (Å²) in [5.74, 6) is -0.0437. The van der Waals surface area contributed by atoms with E-state index in [1.165, 1.54) is 17.5 Å². The topological polar surface area (TPSA) is 80.4 Å². The number of phenolic OH excluding ortho intramolecular Hbond substituents is 1. The minimum atomic E-state index is -3.40. The van der Waals surface area contributed by atoms with Gasteiger partial charge in [-0.3, -0.25) is 0 Å². The quantitative estimate of drug-likeness (QED) is 0.814. The number of nitrogens with two attached hydrogens (primary N) is 1. The first-order chi connectivity index (χ1) is 7.40. The number of benzene rings is 1. The van der Waals surface area contributed by atoms with E-state index in [2.05, 4.69) is 0 Å². The zero-order valence-corrected chi connectivity index (χ0v) is 9.66. The summed E-state index contributed by atoms with van der Waals surface area (Å²) in [5, 5.41) is 10.5. The van der Waals surface area contributed by atoms with Gasteiger partial charge in [-0.2, -0.15) is 0 Å². The van der Waals surface area contributed by atoms with E-state index in [0.717, 1.165) is 0 Å². The monoisotopic (exact) mass is 239 g/mol. The van der Waals surface area contributed by atoms with Gasteiger partial charge in [0.15, 0.2) is 0 Å². The van der Waals surface area contributed by atoms with Gasteiger partial charge in [0.05, 0.1) is 4.90 Å². The van der Waals surface area contributed by atoms with Crippen molar-refractivity contribution in [2.45, 2.75) is 24.3 Å². The lowest BCUT2D eigenvalue weighted by atomic mass is 10.0. The molecule has 0 amide bonds. The van der Waals surface area contributed by atoms with Gasteiger partial charge in [0, 0.05) is 11.4 Å². The Labute approximate surface area is 94.3 Å². The standard InChI is InChI=1S/C11H13NO3S/c1-7(12)4-8-6-16(14,15)11-5-9(13)2-3-10(8)11/h2-3,5-7,13H,4,12H2,1H3. The first kappa shape index (κ1) is 11.2. The van der Waals surface area contributed by atoms with Crippen LogP contribution in [0.15, 0.2) is 28.5 Å². The van der Waals surface area contributed by atoms with Crippen LogP contribution >= 0.6 is 0 Å². The molecule has 16 heavy (non-hydrogen) atoms. The Balaban J connectivity index is 2.56. The lowest BCUT2D eigenvalue weighted by Gasteiger charge is -2.07. The Morgan fingerprint density at radius 3 is 2.75 bits per heavy atom. The number of phenols is 1. The molecule has 1 heterocycles. The van der Waals surface area contributed by atoms with Crippen molar-refractivity contribution >= 4 is 15.4 Å². The maximum absolute atomic E-state index is 11.8. The van der Waals surface area contributed by atoms with Gasteiger partial charge in [-0.15, -0.1) is 0 Å². The van der Waals surface area contributed by atoms with Crippen LogP contribution in [0.1, 0.15) is 18.9 Å². The van der Waals surface area contributed by atoms with Crippen LogP contribution < -0.4 is 5.73 Å².